The van der Waals surface area contributed by atoms with E-state index in [-0.39, 0.29) is 5.75 Å². The predicted octanol–water partition coefficient (Wildman–Crippen LogP) is 4.03. The van der Waals surface area contributed by atoms with Gasteiger partial charge in [0.15, 0.2) is 17.7 Å². The van der Waals surface area contributed by atoms with Crippen LogP contribution in [-0.2, 0) is 4.79 Å². The first kappa shape index (κ1) is 22.8. The molecule has 3 aromatic carbocycles. The van der Waals surface area contributed by atoms with Crippen LogP contribution in [-0.4, -0.2) is 24.4 Å². The molecule has 0 saturated heterocycles. The highest BCUT2D eigenvalue weighted by atomic mass is 19.4. The minimum Gasteiger partial charge on any atom is -0.542 e. The summed E-state index contributed by atoms with van der Waals surface area (Å²) in [4.78, 5) is 8.78. The highest BCUT2D eigenvalue weighted by Crippen LogP contribution is 2.37. The topological polar surface area (TPSA) is 73.5 Å². The van der Waals surface area contributed by atoms with Crippen LogP contribution < -0.4 is 14.4 Å². The molecule has 1 aliphatic heterocycles. The van der Waals surface area contributed by atoms with E-state index in [0.717, 1.165) is 11.1 Å². The molecule has 2 heterocycles. The van der Waals surface area contributed by atoms with Crippen LogP contribution in [0.1, 0.15) is 16.8 Å². The van der Waals surface area contributed by atoms with Gasteiger partial charge in [0.2, 0.25) is 11.4 Å². The number of halogens is 3. The number of rotatable bonds is 2. The van der Waals surface area contributed by atoms with Gasteiger partial charge in [-0.15, -0.1) is 0 Å². The number of benzene rings is 3. The summed E-state index contributed by atoms with van der Waals surface area (Å²) >= 11 is 0. The number of methoxy groups -OCH3 is 1. The van der Waals surface area contributed by atoms with Crippen LogP contribution in [0.15, 0.2) is 79.0 Å². The first-order valence-electron chi connectivity index (χ1n) is 10.1. The van der Waals surface area contributed by atoms with E-state index in [1.54, 1.807) is 19.2 Å². The zero-order valence-electron chi connectivity index (χ0n) is 17.8. The average Bonchev–Trinajstić information content (AvgIpc) is 3.13. The van der Waals surface area contributed by atoms with Crippen LogP contribution in [0.4, 0.5) is 13.2 Å². The molecule has 0 bridgehead atoms. The number of carboxylic acids is 1. The Labute approximate surface area is 192 Å². The van der Waals surface area contributed by atoms with E-state index >= 15 is 0 Å². The standard InChI is InChI=1S/C24H17NO2.C2HF3O2/c1-27-23-11-10-16(15-22(23)26)14-20-19-8-4-5-9-21(19)25-13-12-17-6-2-3-7-18(17)24(20)25;3-2(4,5)1(6)7/h2-15H,1H3;(H,6,7). The number of hydrogen-bond donors (Lipinski definition) is 1. The van der Waals surface area contributed by atoms with Crippen LogP contribution in [0.5, 0.6) is 11.5 Å². The molecule has 34 heavy (non-hydrogen) atoms. The number of aromatic hydroxyl groups is 1. The van der Waals surface area contributed by atoms with Gasteiger partial charge in [-0.1, -0.05) is 36.4 Å². The van der Waals surface area contributed by atoms with Gasteiger partial charge in [-0.2, -0.15) is 17.7 Å². The molecule has 4 aromatic rings. The summed E-state index contributed by atoms with van der Waals surface area (Å²) in [6.45, 7) is 0. The minimum absolute atomic E-state index is 0.143. The quantitative estimate of drug-likeness (QED) is 0.400. The van der Waals surface area contributed by atoms with Crippen LogP contribution in [0.2, 0.25) is 0 Å². The second kappa shape index (κ2) is 8.90. The van der Waals surface area contributed by atoms with Crippen LogP contribution in [0.25, 0.3) is 28.1 Å². The molecule has 0 unspecified atom stereocenters. The number of fused-ring (bicyclic) bond motifs is 5. The number of phenols is 1. The Balaban J connectivity index is 0.000000344. The molecular weight excluding hydrogens is 447 g/mol. The normalized spacial score (nSPS) is 13.1. The highest BCUT2D eigenvalue weighted by Gasteiger charge is 2.33. The van der Waals surface area contributed by atoms with Crippen molar-refractivity contribution in [3.63, 3.8) is 0 Å². The highest BCUT2D eigenvalue weighted by molar-refractivity contribution is 6.02. The number of nitrogens with zero attached hydrogens (tertiary/aromatic N) is 1. The molecule has 172 valence electrons. The molecule has 5 nitrogen and oxygen atoms in total. The molecule has 1 N–H and O–H groups in total. The summed E-state index contributed by atoms with van der Waals surface area (Å²) in [5.74, 6) is -2.39. The zero-order valence-corrected chi connectivity index (χ0v) is 17.8. The van der Waals surface area contributed by atoms with E-state index in [2.05, 4.69) is 71.4 Å². The molecule has 0 spiro atoms. The molecule has 0 aliphatic carbocycles. The number of aliphatic carboxylic acids is 1. The molecule has 8 heteroatoms. The van der Waals surface area contributed by atoms with Gasteiger partial charge in [-0.3, -0.25) is 0 Å². The fourth-order valence-corrected chi connectivity index (χ4v) is 3.84. The SMILES string of the molecule is COc1ccc(C=C2c3ccccc3-[n+]3ccc4ccccc4c32)cc1O.O=C([O-])C(F)(F)F. The summed E-state index contributed by atoms with van der Waals surface area (Å²) in [6, 6.07) is 24.5. The van der Waals surface area contributed by atoms with Crippen LogP contribution in [0.3, 0.4) is 0 Å². The fraction of sp³-hybridized carbons (Fsp3) is 0.0769. The summed E-state index contributed by atoms with van der Waals surface area (Å²) in [5, 5.41) is 21.4. The van der Waals surface area contributed by atoms with Gasteiger partial charge in [0.25, 0.3) is 0 Å². The van der Waals surface area contributed by atoms with Gasteiger partial charge < -0.3 is 19.7 Å². The first-order valence-corrected chi connectivity index (χ1v) is 10.1. The number of carboxylic acid groups (broad SMARTS) is 1. The van der Waals surface area contributed by atoms with Gasteiger partial charge in [-0.25, -0.2) is 0 Å². The van der Waals surface area contributed by atoms with Crippen LogP contribution >= 0.6 is 0 Å². The Hall–Kier alpha value is -4.33. The van der Waals surface area contributed by atoms with Crippen molar-refractivity contribution in [3.8, 4) is 17.2 Å². The first-order chi connectivity index (χ1) is 16.2. The summed E-state index contributed by atoms with van der Waals surface area (Å²) in [6.07, 6.45) is -0.938. The summed E-state index contributed by atoms with van der Waals surface area (Å²) in [7, 11) is 1.55. The van der Waals surface area contributed by atoms with Crippen molar-refractivity contribution in [1.82, 2.24) is 0 Å². The number of carbonyl (C=O) groups excluding carboxylic acids is 1. The lowest BCUT2D eigenvalue weighted by atomic mass is 9.98. The van der Waals surface area contributed by atoms with Gasteiger partial charge in [0, 0.05) is 12.1 Å². The van der Waals surface area contributed by atoms with Gasteiger partial charge in [0.1, 0.15) is 5.97 Å². The third kappa shape index (κ3) is 4.30. The van der Waals surface area contributed by atoms with Gasteiger partial charge in [0.05, 0.1) is 23.6 Å². The average molecular weight is 465 g/mol. The largest absolute Gasteiger partial charge is 0.542 e. The lowest BCUT2D eigenvalue weighted by molar-refractivity contribution is -0.592. The molecule has 1 aromatic heterocycles. The number of aromatic nitrogens is 1. The zero-order chi connectivity index (χ0) is 24.5. The number of phenolic OH excluding ortho intramolecular Hbond substituents is 1. The van der Waals surface area contributed by atoms with E-state index in [1.165, 1.54) is 27.7 Å². The fourth-order valence-electron chi connectivity index (χ4n) is 3.84. The molecule has 0 amide bonds. The smallest absolute Gasteiger partial charge is 0.430 e. The molecular formula is C26H18F3NO4. The number of hydrogen-bond acceptors (Lipinski definition) is 4. The second-order valence-electron chi connectivity index (χ2n) is 7.41. The summed E-state index contributed by atoms with van der Waals surface area (Å²) in [5.41, 5.74) is 5.60. The van der Waals surface area contributed by atoms with Crippen molar-refractivity contribution in [3.05, 3.63) is 95.8 Å². The Bertz CT molecular complexity index is 1430. The van der Waals surface area contributed by atoms with E-state index in [4.69, 9.17) is 14.6 Å². The molecule has 1 aliphatic rings. The van der Waals surface area contributed by atoms with Crippen molar-refractivity contribution < 1.29 is 37.5 Å². The summed E-state index contributed by atoms with van der Waals surface area (Å²) < 4.78 is 39.0. The number of para-hydroxylation sites is 1. The molecule has 0 atom stereocenters. The molecule has 0 fully saturated rings. The molecule has 0 saturated carbocycles. The second-order valence-corrected chi connectivity index (χ2v) is 7.41. The third-order valence-electron chi connectivity index (χ3n) is 5.31. The maximum Gasteiger partial charge on any atom is 0.430 e. The predicted molar refractivity (Wildman–Crippen MR) is 118 cm³/mol. The van der Waals surface area contributed by atoms with Crippen LogP contribution in [0, 0.1) is 0 Å². The van der Waals surface area contributed by atoms with E-state index in [1.807, 2.05) is 6.07 Å². The van der Waals surface area contributed by atoms with Gasteiger partial charge in [-0.05, 0) is 41.3 Å². The number of ether oxygens (including phenoxy) is 1. The molecule has 0 radical (unpaired) electrons. The number of alkyl halides is 3. The van der Waals surface area contributed by atoms with E-state index < -0.39 is 12.1 Å². The van der Waals surface area contributed by atoms with Crippen molar-refractivity contribution in [2.24, 2.45) is 0 Å². The minimum atomic E-state index is -5.19. The Kier molecular flexibility index (Phi) is 5.98. The van der Waals surface area contributed by atoms with Crippen molar-refractivity contribution in [1.29, 1.82) is 0 Å². The Morgan fingerprint density at radius 1 is 1.03 bits per heavy atom. The number of pyridine rings is 1. The lowest BCUT2D eigenvalue weighted by Crippen LogP contribution is -2.37. The van der Waals surface area contributed by atoms with Gasteiger partial charge >= 0.3 is 6.18 Å². The Morgan fingerprint density at radius 3 is 2.38 bits per heavy atom. The van der Waals surface area contributed by atoms with Crippen molar-refractivity contribution in [2.75, 3.05) is 7.11 Å². The van der Waals surface area contributed by atoms with E-state index in [9.17, 15) is 18.3 Å². The lowest BCUT2D eigenvalue weighted by Gasteiger charge is -2.05. The van der Waals surface area contributed by atoms with E-state index in [0.29, 0.717) is 5.75 Å². The maximum absolute atomic E-state index is 10.5. The van der Waals surface area contributed by atoms with Crippen molar-refractivity contribution >= 4 is 28.4 Å². The van der Waals surface area contributed by atoms with Crippen molar-refractivity contribution in [2.45, 2.75) is 6.18 Å². The Morgan fingerprint density at radius 2 is 1.71 bits per heavy atom. The monoisotopic (exact) mass is 465 g/mol. The molecule has 5 rings (SSSR count). The maximum atomic E-state index is 10.5. The number of carbonyl (C=O) groups is 1. The third-order valence-corrected chi connectivity index (χ3v) is 5.31.